The van der Waals surface area contributed by atoms with Gasteiger partial charge in [0.25, 0.3) is 0 Å². The highest BCUT2D eigenvalue weighted by Crippen LogP contribution is 2.51. The molecular formula is BCl3IP. The molecule has 0 rings (SSSR count). The fourth-order valence-electron chi connectivity index (χ4n) is 0. The van der Waals surface area contributed by atoms with Crippen LogP contribution in [-0.2, 0) is 0 Å². The topological polar surface area (TPSA) is 0 Å². The van der Waals surface area contributed by atoms with Gasteiger partial charge in [0.1, 0.15) is 0 Å². The Morgan fingerprint density at radius 1 is 1.17 bits per heavy atom. The van der Waals surface area contributed by atoms with Crippen molar-refractivity contribution in [3.8, 4) is 0 Å². The summed E-state index contributed by atoms with van der Waals surface area (Å²) in [5, 5.41) is 0. The van der Waals surface area contributed by atoms with Crippen LogP contribution in [-0.4, -0.2) is 5.70 Å². The Balaban J connectivity index is 0. The molecule has 0 spiro atoms. The molecule has 6 heteroatoms. The van der Waals surface area contributed by atoms with Gasteiger partial charge < -0.3 is 0 Å². The Hall–Kier alpha value is 2.09. The summed E-state index contributed by atoms with van der Waals surface area (Å²) < 4.78 is 0. The van der Waals surface area contributed by atoms with E-state index in [9.17, 15) is 0 Å². The third-order valence-corrected chi connectivity index (χ3v) is 0. The molecule has 0 saturated heterocycles. The first-order valence-electron chi connectivity index (χ1n) is 0.725. The summed E-state index contributed by atoms with van der Waals surface area (Å²) in [5.41, 5.74) is 4.47. The van der Waals surface area contributed by atoms with Gasteiger partial charge in [-0.15, -0.1) is 0 Å². The summed E-state index contributed by atoms with van der Waals surface area (Å²) in [7, 11) is 0. The van der Waals surface area contributed by atoms with Crippen molar-refractivity contribution in [3.05, 3.63) is 0 Å². The standard InChI is InChI=1S/BI.Cl3P/c1-2;1-4(2)3. The van der Waals surface area contributed by atoms with Gasteiger partial charge in [0.05, 0.1) is 0 Å². The lowest BCUT2D eigenvalue weighted by Gasteiger charge is -1.68. The summed E-state index contributed by atoms with van der Waals surface area (Å²) >= 11 is 16.3. The van der Waals surface area contributed by atoms with E-state index >= 15 is 0 Å². The Bertz CT molecular complexity index is 15.5. The summed E-state index contributed by atoms with van der Waals surface area (Å²) in [6, 6.07) is 0. The fraction of sp³-hybridized carbons (Fsp3) is 0. The first kappa shape index (κ1) is 11.0. The average Bonchev–Trinajstić information content (AvgIpc) is 1.41. The monoisotopic (exact) mass is 274 g/mol. The van der Waals surface area contributed by atoms with Crippen molar-refractivity contribution in [2.45, 2.75) is 0 Å². The van der Waals surface area contributed by atoms with E-state index in [4.69, 9.17) is 33.7 Å². The second kappa shape index (κ2) is 10.2. The van der Waals surface area contributed by atoms with Crippen LogP contribution in [0.3, 0.4) is 0 Å². The molecule has 0 aromatic carbocycles. The van der Waals surface area contributed by atoms with Crippen LogP contribution in [0.4, 0.5) is 0 Å². The zero-order valence-electron chi connectivity index (χ0n) is 2.54. The average molecular weight is 275 g/mol. The van der Waals surface area contributed by atoms with Crippen molar-refractivity contribution in [2.75, 3.05) is 0 Å². The molecule has 0 N–H and O–H groups in total. The highest BCUT2D eigenvalue weighted by Gasteiger charge is 1.80. The van der Waals surface area contributed by atoms with E-state index in [-0.39, 0.29) is 0 Å². The summed E-state index contributed by atoms with van der Waals surface area (Å²) in [5.74, 6) is -1.20. The minimum atomic E-state index is -1.20. The minimum absolute atomic E-state index is 1.20. The van der Waals surface area contributed by atoms with E-state index in [2.05, 4.69) is 5.70 Å². The third-order valence-electron chi connectivity index (χ3n) is 0. The minimum Gasteiger partial charge on any atom is -0.169 e. The maximum absolute atomic E-state index is 4.87. The van der Waals surface area contributed by atoms with Crippen molar-refractivity contribution in [1.29, 1.82) is 0 Å². The molecule has 0 unspecified atom stereocenters. The quantitative estimate of drug-likeness (QED) is 0.361. The molecule has 0 aliphatic heterocycles. The van der Waals surface area contributed by atoms with Gasteiger partial charge in [-0.05, 0) is 0 Å². The van der Waals surface area contributed by atoms with E-state index in [0.717, 1.165) is 0 Å². The molecule has 0 aliphatic carbocycles. The van der Waals surface area contributed by atoms with Crippen LogP contribution in [0.5, 0.6) is 0 Å². The lowest BCUT2D eigenvalue weighted by Crippen LogP contribution is -0.958. The lowest BCUT2D eigenvalue weighted by molar-refractivity contribution is 4.58. The number of halogens is 4. The maximum atomic E-state index is 4.87. The first-order chi connectivity index (χ1) is 2.73. The van der Waals surface area contributed by atoms with Crippen molar-refractivity contribution in [2.24, 2.45) is 0 Å². The lowest BCUT2D eigenvalue weighted by atomic mass is 10.8. The molecule has 0 saturated carbocycles. The molecule has 2 radical (unpaired) electrons. The number of hydrogen-bond donors (Lipinski definition) is 0. The molecule has 0 amide bonds. The van der Waals surface area contributed by atoms with Gasteiger partial charge in [0, 0.05) is 0 Å². The largest absolute Gasteiger partial charge is 0.179 e. The summed E-state index contributed by atoms with van der Waals surface area (Å²) in [4.78, 5) is 0. The van der Waals surface area contributed by atoms with E-state index in [1.807, 2.05) is 0 Å². The molecule has 6 heavy (non-hydrogen) atoms. The predicted octanol–water partition coefficient (Wildman–Crippen LogP) is 3.43. The van der Waals surface area contributed by atoms with Gasteiger partial charge in [0.15, 0.2) is 11.7 Å². The van der Waals surface area contributed by atoms with E-state index in [1.54, 1.807) is 22.4 Å². The van der Waals surface area contributed by atoms with Crippen molar-refractivity contribution < 1.29 is 0 Å². The fourth-order valence-corrected chi connectivity index (χ4v) is 0. The van der Waals surface area contributed by atoms with E-state index < -0.39 is 5.98 Å². The Morgan fingerprint density at radius 3 is 1.17 bits per heavy atom. The molecule has 0 aromatic rings. The Kier molecular flexibility index (Phi) is 18.6. The Morgan fingerprint density at radius 2 is 1.17 bits per heavy atom. The zero-order chi connectivity index (χ0) is 5.58. The SMILES string of the molecule is ClP(Cl)Cl.[B]I. The van der Waals surface area contributed by atoms with Crippen LogP contribution in [0, 0.1) is 0 Å². The molecule has 0 aromatic heterocycles. The van der Waals surface area contributed by atoms with Gasteiger partial charge in [0.2, 0.25) is 0 Å². The smallest absolute Gasteiger partial charge is 0.169 e. The second-order valence-electron chi connectivity index (χ2n) is 0.192. The normalized spacial score (nSPS) is 6.83. The van der Waals surface area contributed by atoms with Crippen molar-refractivity contribution in [1.82, 2.24) is 0 Å². The van der Waals surface area contributed by atoms with Gasteiger partial charge >= 0.3 is 0 Å². The number of rotatable bonds is 0. The third kappa shape index (κ3) is 36.0. The van der Waals surface area contributed by atoms with E-state index in [0.29, 0.717) is 0 Å². The van der Waals surface area contributed by atoms with Crippen LogP contribution in [0.25, 0.3) is 0 Å². The molecule has 36 valence electrons. The summed E-state index contributed by atoms with van der Waals surface area (Å²) in [6.45, 7) is 0. The molecule has 0 heterocycles. The summed E-state index contributed by atoms with van der Waals surface area (Å²) in [6.07, 6.45) is 0. The number of hydrogen-bond acceptors (Lipinski definition) is 0. The van der Waals surface area contributed by atoms with Crippen LogP contribution in [0.15, 0.2) is 0 Å². The van der Waals surface area contributed by atoms with Crippen molar-refractivity contribution in [3.63, 3.8) is 0 Å². The molecular weight excluding hydrogens is 275 g/mol. The van der Waals surface area contributed by atoms with Crippen LogP contribution in [0.2, 0.25) is 0 Å². The van der Waals surface area contributed by atoms with Crippen LogP contribution < -0.4 is 0 Å². The second-order valence-corrected chi connectivity index (χ2v) is 5.17. The predicted molar refractivity (Wildman–Crippen MR) is 44.3 cm³/mol. The maximum Gasteiger partial charge on any atom is 0.179 e. The van der Waals surface area contributed by atoms with Gasteiger partial charge in [-0.1, -0.05) is 33.7 Å². The highest BCUT2D eigenvalue weighted by molar-refractivity contribution is 14.1. The molecule has 0 fully saturated rings. The van der Waals surface area contributed by atoms with Gasteiger partial charge in [-0.2, -0.15) is 22.4 Å². The first-order valence-corrected chi connectivity index (χ1v) is 6.03. The van der Waals surface area contributed by atoms with Crippen LogP contribution >= 0.6 is 62.1 Å². The molecule has 0 nitrogen and oxygen atoms in total. The van der Waals surface area contributed by atoms with Gasteiger partial charge in [-0.25, -0.2) is 0 Å². The molecule has 0 aliphatic rings. The zero-order valence-corrected chi connectivity index (χ0v) is 7.86. The highest BCUT2D eigenvalue weighted by atomic mass is 127. The Labute approximate surface area is 67.3 Å². The molecule has 0 atom stereocenters. The van der Waals surface area contributed by atoms with Gasteiger partial charge in [-0.3, -0.25) is 0 Å². The molecule has 0 bridgehead atoms. The van der Waals surface area contributed by atoms with E-state index in [1.165, 1.54) is 0 Å². The van der Waals surface area contributed by atoms with Crippen LogP contribution in [0.1, 0.15) is 0 Å². The van der Waals surface area contributed by atoms with Crippen molar-refractivity contribution >= 4 is 67.8 Å².